The molecule has 26 heavy (non-hydrogen) atoms. The van der Waals surface area contributed by atoms with Crippen molar-refractivity contribution in [1.82, 2.24) is 4.98 Å². The van der Waals surface area contributed by atoms with E-state index in [0.717, 1.165) is 33.3 Å². The minimum Gasteiger partial charge on any atom is -0.508 e. The standard InChI is InChI=1S/C22H15ClFNO/c1-13-21(17-4-2-3-5-19(17)24)18-12-15(23)8-11-20(18)25-22(13)14-6-9-16(26)10-7-14/h2-12,26H,1H3. The van der Waals surface area contributed by atoms with Gasteiger partial charge in [-0.3, -0.25) is 0 Å². The third kappa shape index (κ3) is 2.80. The first kappa shape index (κ1) is 16.6. The number of pyridine rings is 1. The number of fused-ring (bicyclic) bond motifs is 1. The Hall–Kier alpha value is -2.91. The number of rotatable bonds is 2. The maximum Gasteiger partial charge on any atom is 0.131 e. The molecule has 128 valence electrons. The van der Waals surface area contributed by atoms with Crippen molar-refractivity contribution in [1.29, 1.82) is 0 Å². The van der Waals surface area contributed by atoms with E-state index in [1.165, 1.54) is 6.07 Å². The molecule has 4 heteroatoms. The number of benzene rings is 3. The summed E-state index contributed by atoms with van der Waals surface area (Å²) in [7, 11) is 0. The molecular weight excluding hydrogens is 349 g/mol. The van der Waals surface area contributed by atoms with E-state index in [0.29, 0.717) is 10.6 Å². The van der Waals surface area contributed by atoms with Crippen molar-refractivity contribution in [2.24, 2.45) is 0 Å². The van der Waals surface area contributed by atoms with Gasteiger partial charge in [-0.05, 0) is 66.6 Å². The van der Waals surface area contributed by atoms with Crippen LogP contribution in [0.5, 0.6) is 5.75 Å². The molecule has 0 aliphatic rings. The summed E-state index contributed by atoms with van der Waals surface area (Å²) in [5.41, 5.74) is 4.49. The number of aromatic nitrogens is 1. The lowest BCUT2D eigenvalue weighted by Crippen LogP contribution is -1.97. The Morgan fingerprint density at radius 2 is 1.69 bits per heavy atom. The van der Waals surface area contributed by atoms with E-state index in [9.17, 15) is 9.50 Å². The zero-order chi connectivity index (χ0) is 18.3. The Balaban J connectivity index is 2.11. The molecule has 3 aromatic carbocycles. The van der Waals surface area contributed by atoms with E-state index < -0.39 is 0 Å². The van der Waals surface area contributed by atoms with Crippen LogP contribution in [0.4, 0.5) is 4.39 Å². The van der Waals surface area contributed by atoms with Crippen LogP contribution < -0.4 is 0 Å². The van der Waals surface area contributed by atoms with E-state index in [1.807, 2.05) is 25.1 Å². The Morgan fingerprint density at radius 3 is 2.42 bits per heavy atom. The van der Waals surface area contributed by atoms with Gasteiger partial charge in [-0.15, -0.1) is 0 Å². The van der Waals surface area contributed by atoms with Gasteiger partial charge in [0.05, 0.1) is 11.2 Å². The van der Waals surface area contributed by atoms with Gasteiger partial charge in [0, 0.05) is 21.5 Å². The number of halogens is 2. The molecule has 0 atom stereocenters. The lowest BCUT2D eigenvalue weighted by atomic mass is 9.92. The summed E-state index contributed by atoms with van der Waals surface area (Å²) in [6.07, 6.45) is 0. The molecule has 4 aromatic rings. The minimum absolute atomic E-state index is 0.188. The van der Waals surface area contributed by atoms with Gasteiger partial charge in [0.25, 0.3) is 0 Å². The van der Waals surface area contributed by atoms with Crippen LogP contribution in [0.2, 0.25) is 5.02 Å². The maximum absolute atomic E-state index is 14.6. The largest absolute Gasteiger partial charge is 0.508 e. The molecule has 2 nitrogen and oxygen atoms in total. The zero-order valence-electron chi connectivity index (χ0n) is 14.0. The molecule has 0 fully saturated rings. The minimum atomic E-state index is -0.292. The molecule has 0 saturated heterocycles. The van der Waals surface area contributed by atoms with Crippen molar-refractivity contribution in [2.75, 3.05) is 0 Å². The molecule has 1 N–H and O–H groups in total. The average molecular weight is 364 g/mol. The van der Waals surface area contributed by atoms with Crippen LogP contribution in [0.15, 0.2) is 66.7 Å². The summed E-state index contributed by atoms with van der Waals surface area (Å²) >= 11 is 6.20. The summed E-state index contributed by atoms with van der Waals surface area (Å²) in [5, 5.41) is 10.9. The molecular formula is C22H15ClFNO. The first-order valence-corrected chi connectivity index (χ1v) is 8.56. The van der Waals surface area contributed by atoms with E-state index in [1.54, 1.807) is 42.5 Å². The van der Waals surface area contributed by atoms with Crippen LogP contribution in [-0.2, 0) is 0 Å². The van der Waals surface area contributed by atoms with Gasteiger partial charge in [0.2, 0.25) is 0 Å². The zero-order valence-corrected chi connectivity index (χ0v) is 14.8. The van der Waals surface area contributed by atoms with Crippen LogP contribution >= 0.6 is 11.6 Å². The van der Waals surface area contributed by atoms with Crippen molar-refractivity contribution in [3.63, 3.8) is 0 Å². The molecule has 0 saturated carbocycles. The molecule has 1 heterocycles. The molecule has 0 amide bonds. The quantitative estimate of drug-likeness (QED) is 0.448. The van der Waals surface area contributed by atoms with Crippen molar-refractivity contribution in [2.45, 2.75) is 6.92 Å². The summed E-state index contributed by atoms with van der Waals surface area (Å²) < 4.78 is 14.6. The first-order valence-electron chi connectivity index (χ1n) is 8.19. The second-order valence-electron chi connectivity index (χ2n) is 6.15. The van der Waals surface area contributed by atoms with Gasteiger partial charge in [0.15, 0.2) is 0 Å². The number of hydrogen-bond donors (Lipinski definition) is 1. The maximum atomic E-state index is 14.6. The highest BCUT2D eigenvalue weighted by molar-refractivity contribution is 6.31. The fourth-order valence-electron chi connectivity index (χ4n) is 3.24. The fourth-order valence-corrected chi connectivity index (χ4v) is 3.41. The highest BCUT2D eigenvalue weighted by Gasteiger charge is 2.17. The summed E-state index contributed by atoms with van der Waals surface area (Å²) in [6, 6.07) is 19.0. The van der Waals surface area contributed by atoms with Gasteiger partial charge in [-0.25, -0.2) is 9.37 Å². The Kier molecular flexibility index (Phi) is 4.09. The highest BCUT2D eigenvalue weighted by atomic mass is 35.5. The Bertz CT molecular complexity index is 1120. The SMILES string of the molecule is Cc1c(-c2ccc(O)cc2)nc2ccc(Cl)cc2c1-c1ccccc1F. The van der Waals surface area contributed by atoms with Gasteiger partial charge in [-0.1, -0.05) is 29.8 Å². The smallest absolute Gasteiger partial charge is 0.131 e. The highest BCUT2D eigenvalue weighted by Crippen LogP contribution is 2.38. The third-order valence-electron chi connectivity index (χ3n) is 4.47. The predicted octanol–water partition coefficient (Wildman–Crippen LogP) is 6.38. The normalized spacial score (nSPS) is 11.0. The Morgan fingerprint density at radius 1 is 0.962 bits per heavy atom. The van der Waals surface area contributed by atoms with Crippen LogP contribution in [0, 0.1) is 12.7 Å². The second-order valence-corrected chi connectivity index (χ2v) is 6.59. The molecule has 4 rings (SSSR count). The van der Waals surface area contributed by atoms with Gasteiger partial charge < -0.3 is 5.11 Å². The number of aromatic hydroxyl groups is 1. The number of phenolic OH excluding ortho intramolecular Hbond substituents is 1. The van der Waals surface area contributed by atoms with Gasteiger partial charge in [-0.2, -0.15) is 0 Å². The third-order valence-corrected chi connectivity index (χ3v) is 4.71. The second kappa shape index (κ2) is 6.43. The fraction of sp³-hybridized carbons (Fsp3) is 0.0455. The van der Waals surface area contributed by atoms with Crippen molar-refractivity contribution in [3.8, 4) is 28.1 Å². The predicted molar refractivity (Wildman–Crippen MR) is 104 cm³/mol. The van der Waals surface area contributed by atoms with Crippen LogP contribution in [-0.4, -0.2) is 10.1 Å². The molecule has 0 aliphatic heterocycles. The topological polar surface area (TPSA) is 33.1 Å². The number of nitrogens with zero attached hydrogens (tertiary/aromatic N) is 1. The average Bonchev–Trinajstić information content (AvgIpc) is 2.63. The van der Waals surface area contributed by atoms with E-state index in [2.05, 4.69) is 0 Å². The monoisotopic (exact) mass is 363 g/mol. The summed E-state index contributed by atoms with van der Waals surface area (Å²) in [6.45, 7) is 1.93. The van der Waals surface area contributed by atoms with Crippen molar-refractivity contribution < 1.29 is 9.50 Å². The number of phenols is 1. The molecule has 0 radical (unpaired) electrons. The molecule has 1 aromatic heterocycles. The van der Waals surface area contributed by atoms with Crippen LogP contribution in [0.3, 0.4) is 0 Å². The van der Waals surface area contributed by atoms with Gasteiger partial charge in [0.1, 0.15) is 11.6 Å². The Labute approximate surface area is 155 Å². The van der Waals surface area contributed by atoms with Crippen LogP contribution in [0.1, 0.15) is 5.56 Å². The molecule has 0 spiro atoms. The van der Waals surface area contributed by atoms with Crippen molar-refractivity contribution in [3.05, 3.63) is 83.1 Å². The van der Waals surface area contributed by atoms with Crippen LogP contribution in [0.25, 0.3) is 33.3 Å². The molecule has 0 aliphatic carbocycles. The summed E-state index contributed by atoms with van der Waals surface area (Å²) in [5.74, 6) is -0.104. The summed E-state index contributed by atoms with van der Waals surface area (Å²) in [4.78, 5) is 4.77. The lowest BCUT2D eigenvalue weighted by molar-refractivity contribution is 0.475. The van der Waals surface area contributed by atoms with E-state index in [4.69, 9.17) is 16.6 Å². The van der Waals surface area contributed by atoms with Crippen molar-refractivity contribution >= 4 is 22.5 Å². The number of hydrogen-bond acceptors (Lipinski definition) is 2. The molecule has 0 unspecified atom stereocenters. The van der Waals surface area contributed by atoms with E-state index >= 15 is 0 Å². The first-order chi connectivity index (χ1) is 12.5. The van der Waals surface area contributed by atoms with E-state index in [-0.39, 0.29) is 11.6 Å². The lowest BCUT2D eigenvalue weighted by Gasteiger charge is -2.16. The molecule has 0 bridgehead atoms. The van der Waals surface area contributed by atoms with Gasteiger partial charge >= 0.3 is 0 Å².